The first kappa shape index (κ1) is 14.6. The van der Waals surface area contributed by atoms with Crippen LogP contribution in [0.2, 0.25) is 0 Å². The van der Waals surface area contributed by atoms with Crippen LogP contribution in [0.25, 0.3) is 0 Å². The molecule has 5 nitrogen and oxygen atoms in total. The number of carbonyl (C=O) groups excluding carboxylic acids is 2. The summed E-state index contributed by atoms with van der Waals surface area (Å²) < 4.78 is 6.95. The Morgan fingerprint density at radius 3 is 2.75 bits per heavy atom. The highest BCUT2D eigenvalue weighted by atomic mass is 16.5. The maximum Gasteiger partial charge on any atom is 0.310 e. The van der Waals surface area contributed by atoms with E-state index in [9.17, 15) is 9.59 Å². The molecule has 2 heterocycles. The number of hydrogen-bond donors (Lipinski definition) is 0. The SMILES string of the molecule is CCOC(=O)C1CCCN(C(=O)c2ccc(C)n2C)C1. The standard InChI is InChI=1S/C15H22N2O3/c1-4-20-15(19)12-6-5-9-17(10-12)14(18)13-8-7-11(2)16(13)3/h7-8,12H,4-6,9-10H2,1-3H3. The predicted molar refractivity (Wildman–Crippen MR) is 75.4 cm³/mol. The molecule has 0 N–H and O–H groups in total. The molecule has 1 aliphatic heterocycles. The Labute approximate surface area is 119 Å². The summed E-state index contributed by atoms with van der Waals surface area (Å²) in [5.74, 6) is -0.378. The van der Waals surface area contributed by atoms with E-state index in [0.29, 0.717) is 25.4 Å². The topological polar surface area (TPSA) is 51.5 Å². The van der Waals surface area contributed by atoms with E-state index in [4.69, 9.17) is 4.74 Å². The Balaban J connectivity index is 2.07. The molecule has 2 rings (SSSR count). The third-order valence-electron chi connectivity index (χ3n) is 3.92. The summed E-state index contributed by atoms with van der Waals surface area (Å²) in [6.07, 6.45) is 1.65. The number of esters is 1. The first-order valence-corrected chi connectivity index (χ1v) is 7.12. The van der Waals surface area contributed by atoms with Gasteiger partial charge in [0.25, 0.3) is 5.91 Å². The second kappa shape index (κ2) is 6.11. The van der Waals surface area contributed by atoms with Crippen molar-refractivity contribution in [2.75, 3.05) is 19.7 Å². The molecule has 5 heteroatoms. The fourth-order valence-electron chi connectivity index (χ4n) is 2.60. The maximum atomic E-state index is 12.5. The van der Waals surface area contributed by atoms with Gasteiger partial charge in [0.05, 0.1) is 12.5 Å². The van der Waals surface area contributed by atoms with E-state index in [2.05, 4.69) is 0 Å². The minimum atomic E-state index is -0.187. The van der Waals surface area contributed by atoms with E-state index in [1.165, 1.54) is 0 Å². The van der Waals surface area contributed by atoms with Crippen molar-refractivity contribution in [1.29, 1.82) is 0 Å². The summed E-state index contributed by atoms with van der Waals surface area (Å²) in [5, 5.41) is 0. The van der Waals surface area contributed by atoms with Gasteiger partial charge < -0.3 is 14.2 Å². The Bertz CT molecular complexity index is 507. The summed E-state index contributed by atoms with van der Waals surface area (Å²) in [7, 11) is 1.88. The van der Waals surface area contributed by atoms with Crippen LogP contribution in [-0.4, -0.2) is 41.0 Å². The molecule has 1 unspecified atom stereocenters. The van der Waals surface area contributed by atoms with Crippen LogP contribution in [0.5, 0.6) is 0 Å². The Kier molecular flexibility index (Phi) is 4.47. The van der Waals surface area contributed by atoms with Crippen LogP contribution in [0.15, 0.2) is 12.1 Å². The van der Waals surface area contributed by atoms with Crippen LogP contribution in [0.4, 0.5) is 0 Å². The Hall–Kier alpha value is -1.78. The predicted octanol–water partition coefficient (Wildman–Crippen LogP) is 1.75. The summed E-state index contributed by atoms with van der Waals surface area (Å²) in [5.41, 5.74) is 1.72. The molecule has 0 radical (unpaired) electrons. The van der Waals surface area contributed by atoms with E-state index < -0.39 is 0 Å². The molecule has 1 aromatic rings. The number of piperidine rings is 1. The fourth-order valence-corrected chi connectivity index (χ4v) is 2.60. The van der Waals surface area contributed by atoms with Crippen molar-refractivity contribution in [3.05, 3.63) is 23.5 Å². The summed E-state index contributed by atoms with van der Waals surface area (Å²) >= 11 is 0. The van der Waals surface area contributed by atoms with Crippen molar-refractivity contribution in [1.82, 2.24) is 9.47 Å². The van der Waals surface area contributed by atoms with Crippen molar-refractivity contribution in [3.8, 4) is 0 Å². The number of nitrogens with zero attached hydrogens (tertiary/aromatic N) is 2. The number of likely N-dealkylation sites (tertiary alicyclic amines) is 1. The lowest BCUT2D eigenvalue weighted by Gasteiger charge is -2.31. The first-order chi connectivity index (χ1) is 9.54. The molecule has 1 fully saturated rings. The third-order valence-corrected chi connectivity index (χ3v) is 3.92. The average Bonchev–Trinajstić information content (AvgIpc) is 2.79. The number of aryl methyl sites for hydroxylation is 1. The van der Waals surface area contributed by atoms with Crippen LogP contribution in [0.1, 0.15) is 35.9 Å². The summed E-state index contributed by atoms with van der Waals surface area (Å²) in [4.78, 5) is 26.1. The van der Waals surface area contributed by atoms with Gasteiger partial charge in [0, 0.05) is 25.8 Å². The van der Waals surface area contributed by atoms with Crippen LogP contribution in [-0.2, 0) is 16.6 Å². The number of aromatic nitrogens is 1. The quantitative estimate of drug-likeness (QED) is 0.791. The molecular formula is C15H22N2O3. The molecule has 1 amide bonds. The minimum absolute atomic E-state index is 0.00500. The van der Waals surface area contributed by atoms with E-state index in [1.807, 2.05) is 30.7 Å². The van der Waals surface area contributed by atoms with E-state index in [0.717, 1.165) is 18.5 Å². The largest absolute Gasteiger partial charge is 0.466 e. The molecule has 1 atom stereocenters. The molecule has 0 saturated carbocycles. The van der Waals surface area contributed by atoms with Crippen LogP contribution in [0.3, 0.4) is 0 Å². The van der Waals surface area contributed by atoms with Gasteiger partial charge in [-0.3, -0.25) is 9.59 Å². The van der Waals surface area contributed by atoms with Crippen molar-refractivity contribution in [3.63, 3.8) is 0 Å². The molecular weight excluding hydrogens is 256 g/mol. The molecule has 1 aliphatic rings. The second-order valence-electron chi connectivity index (χ2n) is 5.26. The van der Waals surface area contributed by atoms with Gasteiger partial charge in [-0.2, -0.15) is 0 Å². The third kappa shape index (κ3) is 2.86. The molecule has 1 saturated heterocycles. The number of rotatable bonds is 3. The maximum absolute atomic E-state index is 12.5. The number of amides is 1. The van der Waals surface area contributed by atoms with Gasteiger partial charge in [0.15, 0.2) is 0 Å². The van der Waals surface area contributed by atoms with Gasteiger partial charge >= 0.3 is 5.97 Å². The van der Waals surface area contributed by atoms with E-state index >= 15 is 0 Å². The highest BCUT2D eigenvalue weighted by Crippen LogP contribution is 2.20. The van der Waals surface area contributed by atoms with Crippen molar-refractivity contribution in [2.45, 2.75) is 26.7 Å². The van der Waals surface area contributed by atoms with E-state index in [-0.39, 0.29) is 17.8 Å². The monoisotopic (exact) mass is 278 g/mol. The lowest BCUT2D eigenvalue weighted by Crippen LogP contribution is -2.43. The van der Waals surface area contributed by atoms with Gasteiger partial charge in [0.1, 0.15) is 5.69 Å². The lowest BCUT2D eigenvalue weighted by atomic mass is 9.98. The molecule has 20 heavy (non-hydrogen) atoms. The fraction of sp³-hybridized carbons (Fsp3) is 0.600. The molecule has 0 aromatic carbocycles. The van der Waals surface area contributed by atoms with Crippen LogP contribution in [0, 0.1) is 12.8 Å². The van der Waals surface area contributed by atoms with Gasteiger partial charge in [0.2, 0.25) is 0 Å². The smallest absolute Gasteiger partial charge is 0.310 e. The molecule has 0 spiro atoms. The van der Waals surface area contributed by atoms with Gasteiger partial charge in [-0.15, -0.1) is 0 Å². The zero-order valence-electron chi connectivity index (χ0n) is 12.4. The summed E-state index contributed by atoms with van der Waals surface area (Å²) in [6, 6.07) is 3.77. The molecule has 0 aliphatic carbocycles. The first-order valence-electron chi connectivity index (χ1n) is 7.12. The number of hydrogen-bond acceptors (Lipinski definition) is 3. The summed E-state index contributed by atoms with van der Waals surface area (Å²) in [6.45, 7) is 5.33. The van der Waals surface area contributed by atoms with Crippen molar-refractivity contribution >= 4 is 11.9 Å². The average molecular weight is 278 g/mol. The molecule has 1 aromatic heterocycles. The van der Waals surface area contributed by atoms with Crippen molar-refractivity contribution in [2.24, 2.45) is 13.0 Å². The molecule has 0 bridgehead atoms. The van der Waals surface area contributed by atoms with Gasteiger partial charge in [-0.25, -0.2) is 0 Å². The highest BCUT2D eigenvalue weighted by molar-refractivity contribution is 5.93. The van der Waals surface area contributed by atoms with Crippen LogP contribution >= 0.6 is 0 Å². The zero-order chi connectivity index (χ0) is 14.7. The van der Waals surface area contributed by atoms with E-state index in [1.54, 1.807) is 11.8 Å². The van der Waals surface area contributed by atoms with Gasteiger partial charge in [-0.1, -0.05) is 0 Å². The minimum Gasteiger partial charge on any atom is -0.466 e. The lowest BCUT2D eigenvalue weighted by molar-refractivity contribution is -0.149. The zero-order valence-corrected chi connectivity index (χ0v) is 12.4. The molecule has 110 valence electrons. The number of ether oxygens (including phenoxy) is 1. The van der Waals surface area contributed by atoms with Gasteiger partial charge in [-0.05, 0) is 38.8 Å². The Morgan fingerprint density at radius 2 is 2.15 bits per heavy atom. The normalized spacial score (nSPS) is 18.9. The second-order valence-corrected chi connectivity index (χ2v) is 5.26. The van der Waals surface area contributed by atoms with Crippen LogP contribution < -0.4 is 0 Å². The van der Waals surface area contributed by atoms with Crippen molar-refractivity contribution < 1.29 is 14.3 Å². The Morgan fingerprint density at radius 1 is 1.40 bits per heavy atom. The highest BCUT2D eigenvalue weighted by Gasteiger charge is 2.30. The number of carbonyl (C=O) groups is 2.